The molecule has 0 unspecified atom stereocenters. The Morgan fingerprint density at radius 1 is 1.09 bits per heavy atom. The van der Waals surface area contributed by atoms with Crippen molar-refractivity contribution in [2.75, 3.05) is 20.8 Å². The minimum absolute atomic E-state index is 0.0376. The van der Waals surface area contributed by atoms with Gasteiger partial charge in [0.15, 0.2) is 11.5 Å². The summed E-state index contributed by atoms with van der Waals surface area (Å²) in [5.41, 5.74) is 4.83. The molecule has 35 heavy (non-hydrogen) atoms. The molecule has 0 saturated heterocycles. The Bertz CT molecular complexity index is 1320. The molecule has 0 fully saturated rings. The Morgan fingerprint density at radius 2 is 1.89 bits per heavy atom. The molecule has 4 rings (SSSR count). The molecule has 1 N–H and O–H groups in total. The fourth-order valence-electron chi connectivity index (χ4n) is 3.94. The van der Waals surface area contributed by atoms with Gasteiger partial charge in [0, 0.05) is 18.8 Å². The zero-order valence-corrected chi connectivity index (χ0v) is 21.3. The van der Waals surface area contributed by atoms with E-state index in [0.717, 1.165) is 50.7 Å². The Hall–Kier alpha value is -3.65. The van der Waals surface area contributed by atoms with Crippen LogP contribution in [0.5, 0.6) is 11.5 Å². The first-order valence-corrected chi connectivity index (χ1v) is 12.3. The topological polar surface area (TPSA) is 78.3 Å². The maximum Gasteiger partial charge on any atom is 0.224 e. The average molecular weight is 491 g/mol. The molecular formula is C27H30N4O3S. The van der Waals surface area contributed by atoms with E-state index in [1.54, 1.807) is 25.6 Å². The van der Waals surface area contributed by atoms with Gasteiger partial charge in [0.05, 0.1) is 36.6 Å². The highest BCUT2D eigenvalue weighted by Gasteiger charge is 2.14. The van der Waals surface area contributed by atoms with Gasteiger partial charge in [-0.25, -0.2) is 4.98 Å². The van der Waals surface area contributed by atoms with Crippen molar-refractivity contribution in [2.45, 2.75) is 33.2 Å². The Kier molecular flexibility index (Phi) is 7.82. The number of ether oxygens (including phenoxy) is 2. The number of fused-ring (bicyclic) bond motifs is 1. The molecule has 0 bridgehead atoms. The van der Waals surface area contributed by atoms with Gasteiger partial charge >= 0.3 is 0 Å². The lowest BCUT2D eigenvalue weighted by Gasteiger charge is -2.10. The smallest absolute Gasteiger partial charge is 0.224 e. The number of thiazole rings is 1. The van der Waals surface area contributed by atoms with E-state index in [1.807, 2.05) is 67.1 Å². The van der Waals surface area contributed by atoms with E-state index in [9.17, 15) is 4.79 Å². The van der Waals surface area contributed by atoms with Gasteiger partial charge in [-0.15, -0.1) is 11.3 Å². The molecule has 2 heterocycles. The number of aryl methyl sites for hydroxylation is 3. The second-order valence-corrected chi connectivity index (χ2v) is 9.33. The standard InChI is InChI=1S/C27H30N4O3S/c1-18-14-19(2)31(30-18)13-7-12-28-26(32)17-21(27-29-22-8-5-6-9-25(22)35-27)15-20-10-11-23(33-3)24(16-20)34-4/h5-6,8-11,14-16H,7,12-13,17H2,1-4H3,(H,28,32)/b21-15-. The molecule has 8 heteroatoms. The van der Waals surface area contributed by atoms with Crippen LogP contribution in [-0.2, 0) is 11.3 Å². The summed E-state index contributed by atoms with van der Waals surface area (Å²) < 4.78 is 13.9. The molecule has 182 valence electrons. The third-order valence-corrected chi connectivity index (χ3v) is 6.75. The number of aromatic nitrogens is 3. The zero-order chi connectivity index (χ0) is 24.8. The molecule has 0 spiro atoms. The molecular weight excluding hydrogens is 460 g/mol. The molecule has 0 aliphatic rings. The van der Waals surface area contributed by atoms with Gasteiger partial charge in [0.2, 0.25) is 5.91 Å². The van der Waals surface area contributed by atoms with Gasteiger partial charge in [-0.3, -0.25) is 9.48 Å². The predicted octanol–water partition coefficient (Wildman–Crippen LogP) is 5.26. The van der Waals surface area contributed by atoms with E-state index >= 15 is 0 Å². The summed E-state index contributed by atoms with van der Waals surface area (Å²) in [5.74, 6) is 1.26. The van der Waals surface area contributed by atoms with E-state index in [4.69, 9.17) is 14.5 Å². The molecule has 1 amide bonds. The fourth-order valence-corrected chi connectivity index (χ4v) is 4.91. The van der Waals surface area contributed by atoms with Crippen LogP contribution in [0.2, 0.25) is 0 Å². The largest absolute Gasteiger partial charge is 0.493 e. The quantitative estimate of drug-likeness (QED) is 0.307. The van der Waals surface area contributed by atoms with Crippen molar-refractivity contribution < 1.29 is 14.3 Å². The van der Waals surface area contributed by atoms with Gasteiger partial charge in [-0.2, -0.15) is 5.10 Å². The van der Waals surface area contributed by atoms with E-state index in [0.29, 0.717) is 18.0 Å². The van der Waals surface area contributed by atoms with E-state index < -0.39 is 0 Å². The van der Waals surface area contributed by atoms with Crippen LogP contribution in [0.25, 0.3) is 21.9 Å². The molecule has 4 aromatic rings. The maximum absolute atomic E-state index is 12.9. The summed E-state index contributed by atoms with van der Waals surface area (Å²) in [6, 6.07) is 15.8. The lowest BCUT2D eigenvalue weighted by molar-refractivity contribution is -0.120. The second-order valence-electron chi connectivity index (χ2n) is 8.30. The van der Waals surface area contributed by atoms with Gasteiger partial charge in [0.1, 0.15) is 5.01 Å². The number of methoxy groups -OCH3 is 2. The molecule has 0 atom stereocenters. The minimum Gasteiger partial charge on any atom is -0.493 e. The Balaban J connectivity index is 1.51. The number of hydrogen-bond acceptors (Lipinski definition) is 6. The van der Waals surface area contributed by atoms with Crippen LogP contribution in [-0.4, -0.2) is 41.4 Å². The Morgan fingerprint density at radius 3 is 2.60 bits per heavy atom. The van der Waals surface area contributed by atoms with Crippen molar-refractivity contribution in [3.05, 3.63) is 70.5 Å². The summed E-state index contributed by atoms with van der Waals surface area (Å²) in [6.07, 6.45) is 3.03. The minimum atomic E-state index is -0.0376. The number of rotatable bonds is 10. The van der Waals surface area contributed by atoms with Crippen molar-refractivity contribution in [1.29, 1.82) is 0 Å². The number of para-hydroxylation sites is 1. The van der Waals surface area contributed by atoms with Gasteiger partial charge in [-0.05, 0) is 67.8 Å². The predicted molar refractivity (Wildman–Crippen MR) is 141 cm³/mol. The van der Waals surface area contributed by atoms with Gasteiger partial charge in [-0.1, -0.05) is 18.2 Å². The third kappa shape index (κ3) is 6.08. The second kappa shape index (κ2) is 11.2. The van der Waals surface area contributed by atoms with Crippen LogP contribution in [0.15, 0.2) is 48.5 Å². The normalized spacial score (nSPS) is 11.6. The first-order valence-electron chi connectivity index (χ1n) is 11.5. The summed E-state index contributed by atoms with van der Waals surface area (Å²) in [7, 11) is 3.22. The highest BCUT2D eigenvalue weighted by atomic mass is 32.1. The monoisotopic (exact) mass is 490 g/mol. The molecule has 0 saturated carbocycles. The van der Waals surface area contributed by atoms with E-state index in [1.165, 1.54) is 0 Å². The summed E-state index contributed by atoms with van der Waals surface area (Å²) >= 11 is 1.59. The molecule has 2 aromatic heterocycles. The number of hydrogen-bond donors (Lipinski definition) is 1. The first kappa shape index (κ1) is 24.5. The van der Waals surface area contributed by atoms with Crippen molar-refractivity contribution >= 4 is 39.1 Å². The van der Waals surface area contributed by atoms with Gasteiger partial charge in [0.25, 0.3) is 0 Å². The highest BCUT2D eigenvalue weighted by molar-refractivity contribution is 7.19. The summed E-state index contributed by atoms with van der Waals surface area (Å²) in [6.45, 7) is 5.38. The third-order valence-electron chi connectivity index (χ3n) is 5.64. The van der Waals surface area contributed by atoms with E-state index in [-0.39, 0.29) is 12.3 Å². The molecule has 7 nitrogen and oxygen atoms in total. The summed E-state index contributed by atoms with van der Waals surface area (Å²) in [4.78, 5) is 17.7. The van der Waals surface area contributed by atoms with E-state index in [2.05, 4.69) is 16.5 Å². The summed E-state index contributed by atoms with van der Waals surface area (Å²) in [5, 5.41) is 8.36. The average Bonchev–Trinajstić information content (AvgIpc) is 3.43. The number of nitrogens with one attached hydrogen (secondary N) is 1. The van der Waals surface area contributed by atoms with Crippen LogP contribution >= 0.6 is 11.3 Å². The van der Waals surface area contributed by atoms with Crippen molar-refractivity contribution in [2.24, 2.45) is 0 Å². The number of carbonyl (C=O) groups is 1. The van der Waals surface area contributed by atoms with Crippen molar-refractivity contribution in [3.8, 4) is 11.5 Å². The number of amides is 1. The number of carbonyl (C=O) groups excluding carboxylic acids is 1. The number of benzene rings is 2. The zero-order valence-electron chi connectivity index (χ0n) is 20.5. The molecule has 0 aliphatic heterocycles. The van der Waals surface area contributed by atoms with Crippen molar-refractivity contribution in [3.63, 3.8) is 0 Å². The van der Waals surface area contributed by atoms with Crippen LogP contribution in [0.3, 0.4) is 0 Å². The molecule has 0 radical (unpaired) electrons. The molecule has 0 aliphatic carbocycles. The SMILES string of the molecule is COc1ccc(/C=C(/CC(=O)NCCCn2nc(C)cc2C)c2nc3ccccc3s2)cc1OC. The number of nitrogens with zero attached hydrogens (tertiary/aromatic N) is 3. The maximum atomic E-state index is 12.9. The van der Waals surface area contributed by atoms with Crippen LogP contribution in [0, 0.1) is 13.8 Å². The van der Waals surface area contributed by atoms with Crippen LogP contribution in [0.4, 0.5) is 0 Å². The lowest BCUT2D eigenvalue weighted by Crippen LogP contribution is -2.25. The highest BCUT2D eigenvalue weighted by Crippen LogP contribution is 2.33. The van der Waals surface area contributed by atoms with Crippen LogP contribution < -0.4 is 14.8 Å². The van der Waals surface area contributed by atoms with Crippen molar-refractivity contribution in [1.82, 2.24) is 20.1 Å². The first-order chi connectivity index (χ1) is 17.0. The Labute approximate surface area is 209 Å². The lowest BCUT2D eigenvalue weighted by atomic mass is 10.1. The molecule has 2 aromatic carbocycles. The van der Waals surface area contributed by atoms with Crippen LogP contribution in [0.1, 0.15) is 34.8 Å². The fraction of sp³-hybridized carbons (Fsp3) is 0.296. The van der Waals surface area contributed by atoms with Gasteiger partial charge < -0.3 is 14.8 Å².